The molecule has 0 aliphatic carbocycles. The number of carboxylic acids is 1. The highest BCUT2D eigenvalue weighted by Gasteiger charge is 2.27. The van der Waals surface area contributed by atoms with Crippen LogP contribution in [0.1, 0.15) is 51.4 Å². The van der Waals surface area contributed by atoms with E-state index in [9.17, 15) is 19.2 Å². The maximum absolute atomic E-state index is 13.0. The number of nitrogens with one attached hydrogen (secondary N) is 3. The van der Waals surface area contributed by atoms with Gasteiger partial charge < -0.3 is 49.7 Å². The number of hydrogen-bond donors (Lipinski definition) is 9. The molecule has 0 radical (unpaired) electrons. The smallest absolute Gasteiger partial charge is 0.322 e. The van der Waals surface area contributed by atoms with E-state index in [1.165, 1.54) is 0 Å². The van der Waals surface area contributed by atoms with Crippen LogP contribution in [0.5, 0.6) is 0 Å². The fourth-order valence-corrected chi connectivity index (χ4v) is 3.01. The van der Waals surface area contributed by atoms with Crippen LogP contribution < -0.4 is 44.6 Å². The van der Waals surface area contributed by atoms with Crippen LogP contribution in [0, 0.1) is 0 Å². The van der Waals surface area contributed by atoms with Crippen molar-refractivity contribution >= 4 is 29.7 Å². The van der Waals surface area contributed by atoms with Gasteiger partial charge in [-0.1, -0.05) is 6.42 Å². The number of nitrogens with zero attached hydrogens (tertiary/aromatic N) is 1. The van der Waals surface area contributed by atoms with E-state index in [1.807, 2.05) is 0 Å². The Morgan fingerprint density at radius 1 is 0.765 bits per heavy atom. The van der Waals surface area contributed by atoms with E-state index < -0.39 is 48.4 Å². The van der Waals surface area contributed by atoms with Gasteiger partial charge in [0.15, 0.2) is 5.96 Å². The second-order valence-corrected chi connectivity index (χ2v) is 7.86. The summed E-state index contributed by atoms with van der Waals surface area (Å²) < 4.78 is 0. The average molecular weight is 488 g/mol. The summed E-state index contributed by atoms with van der Waals surface area (Å²) in [5.41, 5.74) is 27.5. The van der Waals surface area contributed by atoms with Crippen molar-refractivity contribution in [1.29, 1.82) is 0 Å². The number of unbranched alkanes of at least 4 members (excludes halogenated alkanes) is 2. The molecule has 0 saturated carbocycles. The summed E-state index contributed by atoms with van der Waals surface area (Å²) >= 11 is 0. The minimum atomic E-state index is -1.21. The lowest BCUT2D eigenvalue weighted by Gasteiger charge is -2.24. The van der Waals surface area contributed by atoms with Crippen LogP contribution in [0.25, 0.3) is 0 Å². The van der Waals surface area contributed by atoms with Crippen molar-refractivity contribution in [1.82, 2.24) is 16.0 Å². The number of rotatable bonds is 19. The fraction of sp³-hybridized carbons (Fsp3) is 0.750. The van der Waals surface area contributed by atoms with Crippen LogP contribution >= 0.6 is 0 Å². The number of carbonyl (C=O) groups is 4. The maximum Gasteiger partial charge on any atom is 0.322 e. The monoisotopic (exact) mass is 487 g/mol. The van der Waals surface area contributed by atoms with E-state index >= 15 is 0 Å². The van der Waals surface area contributed by atoms with Crippen molar-refractivity contribution in [2.24, 2.45) is 33.7 Å². The molecule has 0 bridgehead atoms. The van der Waals surface area contributed by atoms with Crippen molar-refractivity contribution in [2.45, 2.75) is 69.5 Å². The molecule has 34 heavy (non-hydrogen) atoms. The molecule has 196 valence electrons. The summed E-state index contributed by atoms with van der Waals surface area (Å²) in [5, 5.41) is 16.3. The molecule has 3 unspecified atom stereocenters. The number of guanidine groups is 1. The van der Waals surface area contributed by atoms with Gasteiger partial charge in [0.05, 0.1) is 6.04 Å². The Hall–Kier alpha value is -2.97. The van der Waals surface area contributed by atoms with Crippen LogP contribution in [0.4, 0.5) is 0 Å². The van der Waals surface area contributed by atoms with Crippen LogP contribution in [-0.2, 0) is 19.2 Å². The third kappa shape index (κ3) is 15.0. The van der Waals surface area contributed by atoms with E-state index in [-0.39, 0.29) is 25.3 Å². The quantitative estimate of drug-likeness (QED) is 0.0500. The average Bonchev–Trinajstić information content (AvgIpc) is 2.78. The van der Waals surface area contributed by atoms with Crippen molar-refractivity contribution in [3.63, 3.8) is 0 Å². The van der Waals surface area contributed by atoms with Crippen LogP contribution in [0.3, 0.4) is 0 Å². The van der Waals surface area contributed by atoms with Gasteiger partial charge in [-0.2, -0.15) is 0 Å². The Bertz CT molecular complexity index is 671. The van der Waals surface area contributed by atoms with Crippen molar-refractivity contribution in [3.8, 4) is 0 Å². The molecule has 0 aliphatic rings. The minimum absolute atomic E-state index is 0.0953. The van der Waals surface area contributed by atoms with Gasteiger partial charge in [-0.25, -0.2) is 0 Å². The Balaban J connectivity index is 5.30. The zero-order valence-electron chi connectivity index (χ0n) is 19.6. The van der Waals surface area contributed by atoms with Crippen molar-refractivity contribution < 1.29 is 24.3 Å². The number of hydrogen-bond acceptors (Lipinski definition) is 8. The zero-order chi connectivity index (χ0) is 25.9. The van der Waals surface area contributed by atoms with E-state index in [4.69, 9.17) is 33.8 Å². The van der Waals surface area contributed by atoms with Gasteiger partial charge >= 0.3 is 5.97 Å². The van der Waals surface area contributed by atoms with Crippen molar-refractivity contribution in [2.75, 3.05) is 26.2 Å². The first kappa shape index (κ1) is 31.0. The molecule has 0 heterocycles. The predicted octanol–water partition coefficient (Wildman–Crippen LogP) is -3.20. The SMILES string of the molecule is NCCCCC(N)C(=O)NC(CCCN=C(N)N)C(=O)NC(CCCCN)C(=O)NCC(=O)O. The molecule has 14 heteroatoms. The molecule has 14 N–H and O–H groups in total. The summed E-state index contributed by atoms with van der Waals surface area (Å²) in [5.74, 6) is -3.06. The van der Waals surface area contributed by atoms with Gasteiger partial charge in [-0.15, -0.1) is 0 Å². The molecule has 14 nitrogen and oxygen atoms in total. The molecule has 0 aromatic carbocycles. The van der Waals surface area contributed by atoms with E-state index in [0.717, 1.165) is 6.42 Å². The number of aliphatic carboxylic acids is 1. The summed E-state index contributed by atoms with van der Waals surface area (Å²) in [6, 6.07) is -2.81. The second-order valence-electron chi connectivity index (χ2n) is 7.86. The topological polar surface area (TPSA) is 267 Å². The molecule has 0 fully saturated rings. The van der Waals surface area contributed by atoms with E-state index in [1.54, 1.807) is 0 Å². The standard InChI is InChI=1S/C20H41N9O5/c21-9-3-1-6-13(23)17(32)28-15(8-5-11-26-20(24)25)19(34)29-14(7-2-4-10-22)18(33)27-12-16(30)31/h13-15H,1-12,21-23H2,(H,27,33)(H,28,32)(H,29,34)(H,30,31)(H4,24,25,26). The largest absolute Gasteiger partial charge is 0.480 e. The summed E-state index contributed by atoms with van der Waals surface area (Å²) in [6.45, 7) is 0.546. The molecular formula is C20H41N9O5. The third-order valence-electron chi connectivity index (χ3n) is 4.88. The minimum Gasteiger partial charge on any atom is -0.480 e. The van der Waals surface area contributed by atoms with Gasteiger partial charge in [0.1, 0.15) is 18.6 Å². The first-order valence-corrected chi connectivity index (χ1v) is 11.4. The fourth-order valence-electron chi connectivity index (χ4n) is 3.01. The molecule has 3 amide bonds. The molecule has 3 atom stereocenters. The van der Waals surface area contributed by atoms with Gasteiger partial charge in [0.25, 0.3) is 0 Å². The second kappa shape index (κ2) is 18.5. The molecular weight excluding hydrogens is 446 g/mol. The van der Waals surface area contributed by atoms with Crippen LogP contribution in [0.2, 0.25) is 0 Å². The molecule has 0 rings (SSSR count). The van der Waals surface area contributed by atoms with Crippen molar-refractivity contribution in [3.05, 3.63) is 0 Å². The van der Waals surface area contributed by atoms with Crippen LogP contribution in [-0.4, -0.2) is 79.1 Å². The first-order valence-electron chi connectivity index (χ1n) is 11.4. The van der Waals surface area contributed by atoms with E-state index in [2.05, 4.69) is 20.9 Å². The molecule has 0 aliphatic heterocycles. The third-order valence-corrected chi connectivity index (χ3v) is 4.88. The van der Waals surface area contributed by atoms with Crippen LogP contribution in [0.15, 0.2) is 4.99 Å². The molecule has 0 aromatic heterocycles. The zero-order valence-corrected chi connectivity index (χ0v) is 19.6. The molecule has 0 spiro atoms. The lowest BCUT2D eigenvalue weighted by atomic mass is 10.0. The Labute approximate surface area is 199 Å². The lowest BCUT2D eigenvalue weighted by Crippen LogP contribution is -2.56. The summed E-state index contributed by atoms with van der Waals surface area (Å²) in [4.78, 5) is 52.6. The molecule has 0 saturated heterocycles. The van der Waals surface area contributed by atoms with E-state index in [0.29, 0.717) is 45.2 Å². The van der Waals surface area contributed by atoms with Gasteiger partial charge in [0, 0.05) is 6.54 Å². The normalized spacial score (nSPS) is 13.3. The Morgan fingerprint density at radius 2 is 1.29 bits per heavy atom. The number of amides is 3. The highest BCUT2D eigenvalue weighted by Crippen LogP contribution is 2.06. The first-order chi connectivity index (χ1) is 16.1. The number of carboxylic acid groups (broad SMARTS) is 1. The summed E-state index contributed by atoms with van der Waals surface area (Å²) in [7, 11) is 0. The van der Waals surface area contributed by atoms with Gasteiger partial charge in [-0.3, -0.25) is 24.2 Å². The Morgan fingerprint density at radius 3 is 1.85 bits per heavy atom. The molecule has 0 aromatic rings. The lowest BCUT2D eigenvalue weighted by molar-refractivity contribution is -0.138. The number of carbonyl (C=O) groups excluding carboxylic acids is 3. The predicted molar refractivity (Wildman–Crippen MR) is 128 cm³/mol. The maximum atomic E-state index is 13.0. The van der Waals surface area contributed by atoms with Gasteiger partial charge in [-0.05, 0) is 58.0 Å². The Kier molecular flexibility index (Phi) is 16.8. The number of nitrogens with two attached hydrogens (primary N) is 5. The highest BCUT2D eigenvalue weighted by molar-refractivity contribution is 5.93. The van der Waals surface area contributed by atoms with Gasteiger partial charge in [0.2, 0.25) is 17.7 Å². The number of aliphatic imine (C=N–C) groups is 1. The summed E-state index contributed by atoms with van der Waals surface area (Å²) in [6.07, 6.45) is 3.77. The highest BCUT2D eigenvalue weighted by atomic mass is 16.4.